The first-order valence-corrected chi connectivity index (χ1v) is 6.97. The van der Waals surface area contributed by atoms with Crippen LogP contribution in [0, 0.1) is 5.82 Å². The van der Waals surface area contributed by atoms with E-state index in [0.29, 0.717) is 5.56 Å². The van der Waals surface area contributed by atoms with E-state index in [2.05, 4.69) is 10.6 Å². The van der Waals surface area contributed by atoms with Gasteiger partial charge in [0.15, 0.2) is 0 Å². The number of rotatable bonds is 6. The predicted molar refractivity (Wildman–Crippen MR) is 77.0 cm³/mol. The maximum atomic E-state index is 13.9. The molecule has 0 radical (unpaired) electrons. The largest absolute Gasteiger partial charge is 0.352 e. The Morgan fingerprint density at radius 2 is 2.00 bits per heavy atom. The summed E-state index contributed by atoms with van der Waals surface area (Å²) < 4.78 is 13.9. The highest BCUT2D eigenvalue weighted by molar-refractivity contribution is 5.88. The number of likely N-dealkylation sites (N-methyl/N-ethyl adjacent to an activating group) is 1. The summed E-state index contributed by atoms with van der Waals surface area (Å²) in [6, 6.07) is 5.64. The fourth-order valence-electron chi connectivity index (χ4n) is 2.12. The van der Waals surface area contributed by atoms with Gasteiger partial charge in [0.2, 0.25) is 11.8 Å². The lowest BCUT2D eigenvalue weighted by molar-refractivity contribution is -0.129. The van der Waals surface area contributed by atoms with E-state index in [1.165, 1.54) is 6.07 Å². The van der Waals surface area contributed by atoms with Crippen LogP contribution in [0.3, 0.4) is 0 Å². The molecular formula is C15H20FN3O2. The molecule has 0 aliphatic heterocycles. The molecule has 0 heterocycles. The van der Waals surface area contributed by atoms with E-state index < -0.39 is 17.8 Å². The van der Waals surface area contributed by atoms with Gasteiger partial charge in [-0.3, -0.25) is 14.5 Å². The number of hydrogen-bond acceptors (Lipinski definition) is 3. The molecule has 114 valence electrons. The second-order valence-corrected chi connectivity index (χ2v) is 5.45. The minimum atomic E-state index is -0.764. The zero-order chi connectivity index (χ0) is 15.4. The molecule has 1 atom stereocenters. The highest BCUT2D eigenvalue weighted by Crippen LogP contribution is 2.21. The van der Waals surface area contributed by atoms with Gasteiger partial charge in [-0.2, -0.15) is 0 Å². The van der Waals surface area contributed by atoms with Gasteiger partial charge in [0, 0.05) is 11.6 Å². The SMILES string of the molecule is CN(C)C(C(=O)NCC(=O)NC1CC1)c1ccccc1F. The van der Waals surface area contributed by atoms with E-state index in [1.54, 1.807) is 37.2 Å². The lowest BCUT2D eigenvalue weighted by atomic mass is 10.0. The second-order valence-electron chi connectivity index (χ2n) is 5.45. The smallest absolute Gasteiger partial charge is 0.242 e. The Hall–Kier alpha value is -1.95. The molecule has 6 heteroatoms. The quantitative estimate of drug-likeness (QED) is 0.816. The zero-order valence-corrected chi connectivity index (χ0v) is 12.2. The molecule has 1 aliphatic carbocycles. The third kappa shape index (κ3) is 4.26. The Morgan fingerprint density at radius 3 is 2.57 bits per heavy atom. The third-order valence-corrected chi connectivity index (χ3v) is 3.33. The molecule has 1 aromatic carbocycles. The van der Waals surface area contributed by atoms with Crippen molar-refractivity contribution in [2.45, 2.75) is 24.9 Å². The minimum absolute atomic E-state index is 0.0892. The fourth-order valence-corrected chi connectivity index (χ4v) is 2.12. The second kappa shape index (κ2) is 6.67. The number of carbonyl (C=O) groups excluding carboxylic acids is 2. The average molecular weight is 293 g/mol. The summed E-state index contributed by atoms with van der Waals surface area (Å²) in [7, 11) is 3.39. The van der Waals surface area contributed by atoms with Gasteiger partial charge in [0.25, 0.3) is 0 Å². The third-order valence-electron chi connectivity index (χ3n) is 3.33. The van der Waals surface area contributed by atoms with Crippen LogP contribution < -0.4 is 10.6 Å². The number of nitrogens with zero attached hydrogens (tertiary/aromatic N) is 1. The molecule has 1 aliphatic rings. The number of benzene rings is 1. The minimum Gasteiger partial charge on any atom is -0.352 e. The van der Waals surface area contributed by atoms with E-state index in [-0.39, 0.29) is 18.5 Å². The Morgan fingerprint density at radius 1 is 1.33 bits per heavy atom. The Bertz CT molecular complexity index is 529. The number of hydrogen-bond donors (Lipinski definition) is 2. The molecule has 0 aromatic heterocycles. The van der Waals surface area contributed by atoms with Crippen LogP contribution in [0.15, 0.2) is 24.3 Å². The van der Waals surface area contributed by atoms with E-state index in [1.807, 2.05) is 0 Å². The van der Waals surface area contributed by atoms with Gasteiger partial charge in [0.05, 0.1) is 6.54 Å². The normalized spacial score (nSPS) is 15.6. The molecule has 1 fully saturated rings. The number of halogens is 1. The lowest BCUT2D eigenvalue weighted by Gasteiger charge is -2.24. The molecule has 0 saturated heterocycles. The number of carbonyl (C=O) groups is 2. The average Bonchev–Trinajstić information content (AvgIpc) is 3.22. The molecular weight excluding hydrogens is 273 g/mol. The van der Waals surface area contributed by atoms with E-state index >= 15 is 0 Å². The monoisotopic (exact) mass is 293 g/mol. The number of amides is 2. The summed E-state index contributed by atoms with van der Waals surface area (Å²) in [5.74, 6) is -1.04. The van der Waals surface area contributed by atoms with Gasteiger partial charge in [-0.1, -0.05) is 18.2 Å². The molecule has 2 amide bonds. The number of nitrogens with one attached hydrogen (secondary N) is 2. The van der Waals surface area contributed by atoms with Crippen LogP contribution in [0.1, 0.15) is 24.4 Å². The first-order valence-electron chi connectivity index (χ1n) is 6.97. The van der Waals surface area contributed by atoms with Crippen LogP contribution in [0.2, 0.25) is 0 Å². The van der Waals surface area contributed by atoms with Crippen molar-refractivity contribution < 1.29 is 14.0 Å². The summed E-state index contributed by atoms with van der Waals surface area (Å²) in [6.07, 6.45) is 1.99. The van der Waals surface area contributed by atoms with Crippen molar-refractivity contribution in [3.8, 4) is 0 Å². The topological polar surface area (TPSA) is 61.4 Å². The van der Waals surface area contributed by atoms with Crippen LogP contribution >= 0.6 is 0 Å². The van der Waals surface area contributed by atoms with Gasteiger partial charge in [0.1, 0.15) is 11.9 Å². The molecule has 1 saturated carbocycles. The predicted octanol–water partition coefficient (Wildman–Crippen LogP) is 0.823. The standard InChI is InChI=1S/C15H20FN3O2/c1-19(2)14(11-5-3-4-6-12(11)16)15(21)17-9-13(20)18-10-7-8-10/h3-6,10,14H,7-9H2,1-2H3,(H,17,21)(H,18,20). The van der Waals surface area contributed by atoms with Crippen molar-refractivity contribution in [3.05, 3.63) is 35.6 Å². The van der Waals surface area contributed by atoms with Crippen molar-refractivity contribution in [2.24, 2.45) is 0 Å². The Balaban J connectivity index is 1.99. The van der Waals surface area contributed by atoms with Crippen LogP contribution in [-0.4, -0.2) is 43.4 Å². The van der Waals surface area contributed by atoms with E-state index in [4.69, 9.17) is 0 Å². The van der Waals surface area contributed by atoms with Gasteiger partial charge < -0.3 is 10.6 Å². The summed E-state index contributed by atoms with van der Waals surface area (Å²) in [5.41, 5.74) is 0.294. The van der Waals surface area contributed by atoms with Gasteiger partial charge in [-0.25, -0.2) is 4.39 Å². The van der Waals surface area contributed by atoms with Gasteiger partial charge in [-0.15, -0.1) is 0 Å². The Kier molecular flexibility index (Phi) is 4.90. The van der Waals surface area contributed by atoms with Crippen molar-refractivity contribution in [2.75, 3.05) is 20.6 Å². The molecule has 1 unspecified atom stereocenters. The summed E-state index contributed by atoms with van der Waals surface area (Å²) in [4.78, 5) is 25.4. The molecule has 5 nitrogen and oxygen atoms in total. The molecule has 21 heavy (non-hydrogen) atoms. The molecule has 0 spiro atoms. The zero-order valence-electron chi connectivity index (χ0n) is 12.2. The van der Waals surface area contributed by atoms with Gasteiger partial charge >= 0.3 is 0 Å². The van der Waals surface area contributed by atoms with Crippen LogP contribution in [0.4, 0.5) is 4.39 Å². The van der Waals surface area contributed by atoms with Crippen molar-refractivity contribution in [1.82, 2.24) is 15.5 Å². The highest BCUT2D eigenvalue weighted by atomic mass is 19.1. The van der Waals surface area contributed by atoms with Gasteiger partial charge in [-0.05, 0) is 33.0 Å². The van der Waals surface area contributed by atoms with E-state index in [9.17, 15) is 14.0 Å². The van der Waals surface area contributed by atoms with Crippen molar-refractivity contribution in [3.63, 3.8) is 0 Å². The summed E-state index contributed by atoms with van der Waals surface area (Å²) in [5, 5.41) is 5.35. The first-order chi connectivity index (χ1) is 9.99. The van der Waals surface area contributed by atoms with Crippen molar-refractivity contribution in [1.29, 1.82) is 0 Å². The maximum absolute atomic E-state index is 13.9. The summed E-state index contributed by atoms with van der Waals surface area (Å²) >= 11 is 0. The fraction of sp³-hybridized carbons (Fsp3) is 0.467. The molecule has 0 bridgehead atoms. The van der Waals surface area contributed by atoms with E-state index in [0.717, 1.165) is 12.8 Å². The molecule has 2 rings (SSSR count). The van der Waals surface area contributed by atoms with Crippen molar-refractivity contribution >= 4 is 11.8 Å². The van der Waals surface area contributed by atoms with Crippen LogP contribution in [-0.2, 0) is 9.59 Å². The van der Waals surface area contributed by atoms with Crippen LogP contribution in [0.25, 0.3) is 0 Å². The summed E-state index contributed by atoms with van der Waals surface area (Å²) in [6.45, 7) is -0.0892. The molecule has 1 aromatic rings. The highest BCUT2D eigenvalue weighted by Gasteiger charge is 2.27. The molecule has 2 N–H and O–H groups in total. The lowest BCUT2D eigenvalue weighted by Crippen LogP contribution is -2.43. The maximum Gasteiger partial charge on any atom is 0.242 e. The Labute approximate surface area is 123 Å². The van der Waals surface area contributed by atoms with Crippen LogP contribution in [0.5, 0.6) is 0 Å². The first kappa shape index (κ1) is 15.4.